The van der Waals surface area contributed by atoms with Crippen LogP contribution in [0.1, 0.15) is 64.5 Å². The molecular formula is C15H23NO. The molecule has 0 aromatic carbocycles. The van der Waals surface area contributed by atoms with Gasteiger partial charge in [-0.05, 0) is 24.2 Å². The Kier molecular flexibility index (Phi) is 3.15. The van der Waals surface area contributed by atoms with E-state index in [9.17, 15) is 0 Å². The summed E-state index contributed by atoms with van der Waals surface area (Å²) in [5, 5.41) is 0. The largest absolute Gasteiger partial charge is 0.490 e. The van der Waals surface area contributed by atoms with Gasteiger partial charge in [-0.25, -0.2) is 0 Å². The average molecular weight is 233 g/mol. The number of ether oxygens (including phenoxy) is 1. The Morgan fingerprint density at radius 3 is 2.35 bits per heavy atom. The normalized spacial score (nSPS) is 16.4. The van der Waals surface area contributed by atoms with Crippen molar-refractivity contribution in [1.82, 2.24) is 4.98 Å². The summed E-state index contributed by atoms with van der Waals surface area (Å²) in [4.78, 5) is 4.38. The lowest BCUT2D eigenvalue weighted by atomic mass is 9.85. The predicted octanol–water partition coefficient (Wildman–Crippen LogP) is 4.04. The van der Waals surface area contributed by atoms with Crippen LogP contribution in [0, 0.1) is 0 Å². The maximum atomic E-state index is 6.14. The molecule has 94 valence electrons. The van der Waals surface area contributed by atoms with Crippen molar-refractivity contribution in [3.8, 4) is 5.75 Å². The lowest BCUT2D eigenvalue weighted by Crippen LogP contribution is -2.16. The fourth-order valence-electron chi connectivity index (χ4n) is 1.89. The molecule has 1 heterocycles. The number of aromatic nitrogens is 1. The molecule has 1 aromatic heterocycles. The van der Waals surface area contributed by atoms with Crippen molar-refractivity contribution in [3.63, 3.8) is 0 Å². The number of nitrogens with zero attached hydrogens (tertiary/aromatic N) is 1. The van der Waals surface area contributed by atoms with Gasteiger partial charge in [-0.1, -0.05) is 34.6 Å². The van der Waals surface area contributed by atoms with E-state index < -0.39 is 0 Å². The molecule has 1 aromatic rings. The molecule has 0 amide bonds. The number of pyridine rings is 1. The van der Waals surface area contributed by atoms with E-state index in [4.69, 9.17) is 4.74 Å². The van der Waals surface area contributed by atoms with Crippen molar-refractivity contribution >= 4 is 0 Å². The minimum absolute atomic E-state index is 0.0854. The Labute approximate surface area is 104 Å². The summed E-state index contributed by atoms with van der Waals surface area (Å²) in [6.07, 6.45) is 6.75. The Morgan fingerprint density at radius 2 is 1.88 bits per heavy atom. The molecule has 0 radical (unpaired) electrons. The molecule has 1 aliphatic rings. The Morgan fingerprint density at radius 1 is 1.24 bits per heavy atom. The molecule has 0 unspecified atom stereocenters. The average Bonchev–Trinajstić information content (AvgIpc) is 3.00. The van der Waals surface area contributed by atoms with Crippen molar-refractivity contribution < 1.29 is 4.74 Å². The highest BCUT2D eigenvalue weighted by Gasteiger charge is 2.29. The van der Waals surface area contributed by atoms with Gasteiger partial charge in [0.1, 0.15) is 5.75 Å². The monoisotopic (exact) mass is 233 g/mol. The first-order valence-electron chi connectivity index (χ1n) is 6.54. The maximum Gasteiger partial charge on any atom is 0.129 e. The molecule has 0 saturated heterocycles. The Hall–Kier alpha value is -1.05. The summed E-state index contributed by atoms with van der Waals surface area (Å²) in [5.41, 5.74) is 2.56. The van der Waals surface area contributed by atoms with E-state index >= 15 is 0 Å². The van der Waals surface area contributed by atoms with Crippen LogP contribution in [0.4, 0.5) is 0 Å². The van der Waals surface area contributed by atoms with Crippen molar-refractivity contribution in [1.29, 1.82) is 0 Å². The van der Waals surface area contributed by atoms with Gasteiger partial charge in [0.15, 0.2) is 0 Å². The van der Waals surface area contributed by atoms with Crippen LogP contribution in [0.5, 0.6) is 5.75 Å². The fraction of sp³-hybridized carbons (Fsp3) is 0.667. The molecule has 0 spiro atoms. The van der Waals surface area contributed by atoms with E-state index in [-0.39, 0.29) is 5.41 Å². The molecular weight excluding hydrogens is 210 g/mol. The van der Waals surface area contributed by atoms with Crippen molar-refractivity contribution in [3.05, 3.63) is 23.5 Å². The van der Waals surface area contributed by atoms with Crippen LogP contribution in [0.25, 0.3) is 0 Å². The number of rotatable bonds is 3. The van der Waals surface area contributed by atoms with Gasteiger partial charge in [-0.15, -0.1) is 0 Å². The topological polar surface area (TPSA) is 22.1 Å². The van der Waals surface area contributed by atoms with Crippen LogP contribution in [0.2, 0.25) is 0 Å². The second-order valence-electron chi connectivity index (χ2n) is 6.33. The molecule has 0 N–H and O–H groups in total. The number of hydrogen-bond acceptors (Lipinski definition) is 2. The van der Waals surface area contributed by atoms with Crippen LogP contribution in [-0.4, -0.2) is 11.1 Å². The first-order chi connectivity index (χ1) is 7.89. The summed E-state index contributed by atoms with van der Waals surface area (Å²) < 4.78 is 6.14. The summed E-state index contributed by atoms with van der Waals surface area (Å²) in [6.45, 7) is 11.0. The van der Waals surface area contributed by atoms with E-state index in [0.717, 1.165) is 5.75 Å². The zero-order chi connectivity index (χ0) is 12.6. The molecule has 0 atom stereocenters. The van der Waals surface area contributed by atoms with Crippen molar-refractivity contribution in [2.45, 2.75) is 64.9 Å². The molecule has 2 nitrogen and oxygen atoms in total. The minimum atomic E-state index is 0.0854. The van der Waals surface area contributed by atoms with E-state index in [0.29, 0.717) is 12.0 Å². The third-order valence-electron chi connectivity index (χ3n) is 3.16. The van der Waals surface area contributed by atoms with Gasteiger partial charge in [0, 0.05) is 23.5 Å². The second-order valence-corrected chi connectivity index (χ2v) is 6.33. The standard InChI is InChI=1S/C15H23NO/c1-10(2)12-8-16-9-13(15(3,4)5)14(12)17-11-6-7-11/h8-11H,6-7H2,1-5H3. The van der Waals surface area contributed by atoms with Gasteiger partial charge in [0.25, 0.3) is 0 Å². The Balaban J connectivity index is 2.45. The van der Waals surface area contributed by atoms with Gasteiger partial charge < -0.3 is 4.74 Å². The van der Waals surface area contributed by atoms with E-state index in [1.165, 1.54) is 24.0 Å². The second kappa shape index (κ2) is 4.32. The molecule has 0 aliphatic heterocycles. The van der Waals surface area contributed by atoms with Gasteiger partial charge >= 0.3 is 0 Å². The highest BCUT2D eigenvalue weighted by Crippen LogP contribution is 2.39. The van der Waals surface area contributed by atoms with Gasteiger partial charge in [-0.2, -0.15) is 0 Å². The van der Waals surface area contributed by atoms with Crippen molar-refractivity contribution in [2.75, 3.05) is 0 Å². The third kappa shape index (κ3) is 2.80. The molecule has 1 fully saturated rings. The summed E-state index contributed by atoms with van der Waals surface area (Å²) >= 11 is 0. The van der Waals surface area contributed by atoms with E-state index in [2.05, 4.69) is 39.6 Å². The molecule has 2 rings (SSSR count). The highest BCUT2D eigenvalue weighted by atomic mass is 16.5. The summed E-state index contributed by atoms with van der Waals surface area (Å²) in [6, 6.07) is 0. The molecule has 2 heteroatoms. The molecule has 1 aliphatic carbocycles. The smallest absolute Gasteiger partial charge is 0.129 e. The minimum Gasteiger partial charge on any atom is -0.490 e. The van der Waals surface area contributed by atoms with Crippen LogP contribution in [0.3, 0.4) is 0 Å². The van der Waals surface area contributed by atoms with Crippen LogP contribution in [-0.2, 0) is 5.41 Å². The van der Waals surface area contributed by atoms with Gasteiger partial charge in [0.05, 0.1) is 6.10 Å². The van der Waals surface area contributed by atoms with E-state index in [1.807, 2.05) is 12.4 Å². The first kappa shape index (κ1) is 12.4. The molecule has 0 bridgehead atoms. The SMILES string of the molecule is CC(C)c1cncc(C(C)(C)C)c1OC1CC1. The Bertz CT molecular complexity index is 400. The predicted molar refractivity (Wildman–Crippen MR) is 70.7 cm³/mol. The highest BCUT2D eigenvalue weighted by molar-refractivity contribution is 5.44. The lowest BCUT2D eigenvalue weighted by molar-refractivity contribution is 0.290. The van der Waals surface area contributed by atoms with Crippen LogP contribution < -0.4 is 4.74 Å². The summed E-state index contributed by atoms with van der Waals surface area (Å²) in [5.74, 6) is 1.54. The molecule has 1 saturated carbocycles. The van der Waals surface area contributed by atoms with Crippen molar-refractivity contribution in [2.24, 2.45) is 0 Å². The zero-order valence-corrected chi connectivity index (χ0v) is 11.6. The maximum absolute atomic E-state index is 6.14. The van der Waals surface area contributed by atoms with Gasteiger partial charge in [0.2, 0.25) is 0 Å². The molecule has 17 heavy (non-hydrogen) atoms. The third-order valence-corrected chi connectivity index (χ3v) is 3.16. The van der Waals surface area contributed by atoms with Crippen LogP contribution >= 0.6 is 0 Å². The first-order valence-corrected chi connectivity index (χ1v) is 6.54. The fourth-order valence-corrected chi connectivity index (χ4v) is 1.89. The van der Waals surface area contributed by atoms with E-state index in [1.54, 1.807) is 0 Å². The van der Waals surface area contributed by atoms with Crippen LogP contribution in [0.15, 0.2) is 12.4 Å². The lowest BCUT2D eigenvalue weighted by Gasteiger charge is -2.25. The van der Waals surface area contributed by atoms with Gasteiger partial charge in [-0.3, -0.25) is 4.98 Å². The summed E-state index contributed by atoms with van der Waals surface area (Å²) in [7, 11) is 0. The zero-order valence-electron chi connectivity index (χ0n) is 11.6. The number of hydrogen-bond donors (Lipinski definition) is 0. The quantitative estimate of drug-likeness (QED) is 0.786.